The van der Waals surface area contributed by atoms with Crippen LogP contribution < -0.4 is 5.32 Å². The number of nitrogens with zero attached hydrogens (tertiary/aromatic N) is 3. The van der Waals surface area contributed by atoms with Crippen LogP contribution in [0.1, 0.15) is 31.2 Å². The molecule has 0 amide bonds. The highest BCUT2D eigenvalue weighted by atomic mass is 32.2. The minimum absolute atomic E-state index is 0.321. The lowest BCUT2D eigenvalue weighted by Gasteiger charge is -2.26. The molecule has 8 heteroatoms. The molecule has 1 aliphatic heterocycles. The minimum atomic E-state index is -3.55. The molecule has 0 spiro atoms. The van der Waals surface area contributed by atoms with E-state index in [2.05, 4.69) is 15.5 Å². The Kier molecular flexibility index (Phi) is 5.61. The van der Waals surface area contributed by atoms with E-state index in [-0.39, 0.29) is 0 Å². The van der Waals surface area contributed by atoms with Gasteiger partial charge in [-0.05, 0) is 43.5 Å². The standard InChI is InChI=1S/C20H26N4O3S/c1-15-6-7-16(14-19(15)28(25,26)24-10-12-27-13-11-24)18-8-9-20(23-22-18)21-17-4-2-3-5-17/h6-9,14,17H,2-5,10-13H2,1H3,(H,21,23). The maximum atomic E-state index is 13.1. The first kappa shape index (κ1) is 19.3. The number of ether oxygens (including phenoxy) is 1. The van der Waals surface area contributed by atoms with Crippen molar-refractivity contribution in [2.75, 3.05) is 31.6 Å². The number of aromatic nitrogens is 2. The zero-order valence-electron chi connectivity index (χ0n) is 16.1. The van der Waals surface area contributed by atoms with Crippen molar-refractivity contribution in [3.8, 4) is 11.3 Å². The molecular formula is C20H26N4O3S. The fourth-order valence-corrected chi connectivity index (χ4v) is 5.46. The second kappa shape index (κ2) is 8.14. The molecule has 1 saturated carbocycles. The van der Waals surface area contributed by atoms with Crippen LogP contribution >= 0.6 is 0 Å². The summed E-state index contributed by atoms with van der Waals surface area (Å²) in [5.74, 6) is 0.768. The first-order valence-electron chi connectivity index (χ1n) is 9.83. The van der Waals surface area contributed by atoms with Gasteiger partial charge >= 0.3 is 0 Å². The molecule has 150 valence electrons. The number of aryl methyl sites for hydroxylation is 1. The summed E-state index contributed by atoms with van der Waals surface area (Å²) in [6.07, 6.45) is 4.86. The number of hydrogen-bond acceptors (Lipinski definition) is 6. The molecule has 2 aromatic rings. The zero-order chi connectivity index (χ0) is 19.6. The largest absolute Gasteiger partial charge is 0.379 e. The van der Waals surface area contributed by atoms with Crippen molar-refractivity contribution in [1.82, 2.24) is 14.5 Å². The Balaban J connectivity index is 1.57. The lowest BCUT2D eigenvalue weighted by atomic mass is 10.1. The smallest absolute Gasteiger partial charge is 0.243 e. The van der Waals surface area contributed by atoms with Gasteiger partial charge in [-0.3, -0.25) is 0 Å². The number of hydrogen-bond donors (Lipinski definition) is 1. The van der Waals surface area contributed by atoms with Crippen LogP contribution in [0.4, 0.5) is 5.82 Å². The van der Waals surface area contributed by atoms with Crippen molar-refractivity contribution in [2.24, 2.45) is 0 Å². The van der Waals surface area contributed by atoms with Crippen LogP contribution in [-0.2, 0) is 14.8 Å². The number of rotatable bonds is 5. The predicted octanol–water partition coefficient (Wildman–Crippen LogP) is 2.83. The van der Waals surface area contributed by atoms with Crippen molar-refractivity contribution in [2.45, 2.75) is 43.5 Å². The van der Waals surface area contributed by atoms with Gasteiger partial charge in [0.1, 0.15) is 5.82 Å². The van der Waals surface area contributed by atoms with Gasteiger partial charge in [-0.2, -0.15) is 4.31 Å². The highest BCUT2D eigenvalue weighted by molar-refractivity contribution is 7.89. The molecule has 2 fully saturated rings. The molecule has 0 bridgehead atoms. The Labute approximate surface area is 166 Å². The third kappa shape index (κ3) is 4.04. The summed E-state index contributed by atoms with van der Waals surface area (Å²) >= 11 is 0. The van der Waals surface area contributed by atoms with Crippen molar-refractivity contribution in [1.29, 1.82) is 0 Å². The van der Waals surface area contributed by atoms with E-state index in [0.29, 0.717) is 42.9 Å². The van der Waals surface area contributed by atoms with E-state index >= 15 is 0 Å². The molecule has 0 atom stereocenters. The van der Waals surface area contributed by atoms with E-state index in [1.165, 1.54) is 30.0 Å². The summed E-state index contributed by atoms with van der Waals surface area (Å²) in [5.41, 5.74) is 2.13. The normalized spacial score (nSPS) is 19.0. The zero-order valence-corrected chi connectivity index (χ0v) is 16.9. The van der Waals surface area contributed by atoms with E-state index in [0.717, 1.165) is 16.9 Å². The fourth-order valence-electron chi connectivity index (χ4n) is 3.81. The number of morpholine rings is 1. The Morgan fingerprint density at radius 3 is 2.50 bits per heavy atom. The van der Waals surface area contributed by atoms with Gasteiger partial charge in [-0.1, -0.05) is 25.0 Å². The monoisotopic (exact) mass is 402 g/mol. The number of nitrogens with one attached hydrogen (secondary N) is 1. The van der Waals surface area contributed by atoms with Gasteiger partial charge in [0.2, 0.25) is 10.0 Å². The lowest BCUT2D eigenvalue weighted by Crippen LogP contribution is -2.40. The van der Waals surface area contributed by atoms with Crippen LogP contribution in [0.5, 0.6) is 0 Å². The van der Waals surface area contributed by atoms with Gasteiger partial charge in [0.25, 0.3) is 0 Å². The van der Waals surface area contributed by atoms with E-state index in [1.807, 2.05) is 31.2 Å². The van der Waals surface area contributed by atoms with Crippen molar-refractivity contribution in [3.63, 3.8) is 0 Å². The van der Waals surface area contributed by atoms with Crippen molar-refractivity contribution < 1.29 is 13.2 Å². The van der Waals surface area contributed by atoms with E-state index in [4.69, 9.17) is 4.74 Å². The van der Waals surface area contributed by atoms with E-state index < -0.39 is 10.0 Å². The predicted molar refractivity (Wildman–Crippen MR) is 108 cm³/mol. The molecular weight excluding hydrogens is 376 g/mol. The molecule has 7 nitrogen and oxygen atoms in total. The molecule has 1 aromatic heterocycles. The quantitative estimate of drug-likeness (QED) is 0.828. The van der Waals surface area contributed by atoms with Gasteiger partial charge in [-0.25, -0.2) is 8.42 Å². The van der Waals surface area contributed by atoms with Gasteiger partial charge in [0.15, 0.2) is 0 Å². The van der Waals surface area contributed by atoms with Crippen LogP contribution in [0.3, 0.4) is 0 Å². The summed E-state index contributed by atoms with van der Waals surface area (Å²) in [4.78, 5) is 0.321. The second-order valence-corrected chi connectivity index (χ2v) is 9.33. The van der Waals surface area contributed by atoms with Crippen molar-refractivity contribution in [3.05, 3.63) is 35.9 Å². The fraction of sp³-hybridized carbons (Fsp3) is 0.500. The molecule has 4 rings (SSSR count). The van der Waals surface area contributed by atoms with Gasteiger partial charge < -0.3 is 10.1 Å². The van der Waals surface area contributed by atoms with Crippen LogP contribution in [0, 0.1) is 6.92 Å². The Bertz CT molecular complexity index is 919. The van der Waals surface area contributed by atoms with Crippen LogP contribution in [0.2, 0.25) is 0 Å². The first-order valence-corrected chi connectivity index (χ1v) is 11.3. The van der Waals surface area contributed by atoms with Gasteiger partial charge in [0.05, 0.1) is 23.8 Å². The third-order valence-electron chi connectivity index (χ3n) is 5.44. The lowest BCUT2D eigenvalue weighted by molar-refractivity contribution is 0.0730. The third-order valence-corrected chi connectivity index (χ3v) is 7.48. The highest BCUT2D eigenvalue weighted by Gasteiger charge is 2.28. The Morgan fingerprint density at radius 1 is 1.07 bits per heavy atom. The minimum Gasteiger partial charge on any atom is -0.379 e. The summed E-state index contributed by atoms with van der Waals surface area (Å²) in [6, 6.07) is 9.70. The van der Waals surface area contributed by atoms with Crippen LogP contribution in [0.15, 0.2) is 35.2 Å². The SMILES string of the molecule is Cc1ccc(-c2ccc(NC3CCCC3)nn2)cc1S(=O)(=O)N1CCOCC1. The molecule has 28 heavy (non-hydrogen) atoms. The van der Waals surface area contributed by atoms with E-state index in [1.54, 1.807) is 6.07 Å². The molecule has 1 aliphatic carbocycles. The first-order chi connectivity index (χ1) is 13.5. The van der Waals surface area contributed by atoms with Gasteiger partial charge in [-0.15, -0.1) is 10.2 Å². The summed E-state index contributed by atoms with van der Waals surface area (Å²) < 4.78 is 32.9. The number of anilines is 1. The highest BCUT2D eigenvalue weighted by Crippen LogP contribution is 2.27. The van der Waals surface area contributed by atoms with Crippen LogP contribution in [0.25, 0.3) is 11.3 Å². The summed E-state index contributed by atoms with van der Waals surface area (Å²) in [6.45, 7) is 3.44. The molecule has 0 radical (unpaired) electrons. The Hall–Kier alpha value is -2.03. The average molecular weight is 403 g/mol. The number of benzene rings is 1. The van der Waals surface area contributed by atoms with Crippen molar-refractivity contribution >= 4 is 15.8 Å². The second-order valence-electron chi connectivity index (χ2n) is 7.43. The van der Waals surface area contributed by atoms with Crippen LogP contribution in [-0.4, -0.2) is 55.3 Å². The topological polar surface area (TPSA) is 84.4 Å². The maximum absolute atomic E-state index is 13.1. The average Bonchev–Trinajstić information content (AvgIpc) is 3.23. The molecule has 1 saturated heterocycles. The molecule has 1 N–H and O–H groups in total. The van der Waals surface area contributed by atoms with E-state index in [9.17, 15) is 8.42 Å². The molecule has 1 aromatic carbocycles. The molecule has 2 aliphatic rings. The summed E-state index contributed by atoms with van der Waals surface area (Å²) in [7, 11) is -3.55. The molecule has 0 unspecified atom stereocenters. The maximum Gasteiger partial charge on any atom is 0.243 e. The Morgan fingerprint density at radius 2 is 1.82 bits per heavy atom. The molecule has 2 heterocycles. The van der Waals surface area contributed by atoms with Gasteiger partial charge in [0, 0.05) is 24.7 Å². The summed E-state index contributed by atoms with van der Waals surface area (Å²) in [5, 5.41) is 12.0. The number of sulfonamides is 1.